The fourth-order valence-corrected chi connectivity index (χ4v) is 3.92. The first-order valence-electron chi connectivity index (χ1n) is 8.37. The van der Waals surface area contributed by atoms with Crippen molar-refractivity contribution in [1.82, 2.24) is 5.32 Å². The molecule has 1 aliphatic carbocycles. The molecule has 1 N–H and O–H groups in total. The van der Waals surface area contributed by atoms with Crippen molar-refractivity contribution in [3.05, 3.63) is 34.6 Å². The van der Waals surface area contributed by atoms with Gasteiger partial charge >= 0.3 is 0 Å². The Morgan fingerprint density at radius 2 is 1.90 bits per heavy atom. The van der Waals surface area contributed by atoms with E-state index < -0.39 is 0 Å². The van der Waals surface area contributed by atoms with Crippen LogP contribution in [0.25, 0.3) is 0 Å². The fourth-order valence-electron chi connectivity index (χ4n) is 3.92. The van der Waals surface area contributed by atoms with E-state index >= 15 is 0 Å². The lowest BCUT2D eigenvalue weighted by Crippen LogP contribution is -2.34. The molecule has 1 saturated carbocycles. The molecule has 0 spiro atoms. The molecule has 2 atom stereocenters. The highest BCUT2D eigenvalue weighted by molar-refractivity contribution is 5.33. The lowest BCUT2D eigenvalue weighted by Gasteiger charge is -2.35. The van der Waals surface area contributed by atoms with Crippen LogP contribution in [-0.4, -0.2) is 6.54 Å². The van der Waals surface area contributed by atoms with E-state index in [2.05, 4.69) is 26.1 Å². The predicted molar refractivity (Wildman–Crippen MR) is 88.0 cm³/mol. The molecule has 1 aromatic rings. The van der Waals surface area contributed by atoms with E-state index in [1.54, 1.807) is 0 Å². The number of benzene rings is 1. The van der Waals surface area contributed by atoms with Crippen LogP contribution in [-0.2, 0) is 0 Å². The van der Waals surface area contributed by atoms with Gasteiger partial charge in [0.1, 0.15) is 5.82 Å². The monoisotopic (exact) mass is 291 g/mol. The van der Waals surface area contributed by atoms with Gasteiger partial charge in [-0.25, -0.2) is 4.39 Å². The molecule has 1 nitrogen and oxygen atoms in total. The maximum atomic E-state index is 13.9. The van der Waals surface area contributed by atoms with Crippen molar-refractivity contribution in [3.63, 3.8) is 0 Å². The molecular weight excluding hydrogens is 261 g/mol. The standard InChI is InChI=1S/C19H30FN/c1-6-10-21-18(16-8-7-9-19(16,4)5)15-11-13(2)17(20)14(3)12-15/h11-12,16,18,21H,6-10H2,1-5H3. The zero-order valence-corrected chi connectivity index (χ0v) is 14.2. The molecule has 2 rings (SSSR count). The molecule has 0 bridgehead atoms. The van der Waals surface area contributed by atoms with Crippen molar-refractivity contribution < 1.29 is 4.39 Å². The Morgan fingerprint density at radius 1 is 1.29 bits per heavy atom. The number of nitrogens with one attached hydrogen (secondary N) is 1. The first-order chi connectivity index (χ1) is 9.86. The highest BCUT2D eigenvalue weighted by atomic mass is 19.1. The summed E-state index contributed by atoms with van der Waals surface area (Å²) in [6, 6.07) is 4.44. The number of hydrogen-bond acceptors (Lipinski definition) is 1. The van der Waals surface area contributed by atoms with Gasteiger partial charge in [-0.05, 0) is 67.7 Å². The van der Waals surface area contributed by atoms with Gasteiger partial charge in [-0.2, -0.15) is 0 Å². The number of rotatable bonds is 5. The van der Waals surface area contributed by atoms with Gasteiger partial charge in [-0.3, -0.25) is 0 Å². The quantitative estimate of drug-likeness (QED) is 0.775. The van der Waals surface area contributed by atoms with Crippen LogP contribution < -0.4 is 5.32 Å². The molecule has 2 heteroatoms. The minimum Gasteiger partial charge on any atom is -0.310 e. The van der Waals surface area contributed by atoms with Gasteiger partial charge in [-0.1, -0.05) is 39.3 Å². The summed E-state index contributed by atoms with van der Waals surface area (Å²) in [5.41, 5.74) is 3.16. The zero-order valence-electron chi connectivity index (χ0n) is 14.2. The second kappa shape index (κ2) is 6.48. The average Bonchev–Trinajstić information content (AvgIpc) is 2.76. The van der Waals surface area contributed by atoms with E-state index in [0.29, 0.717) is 17.4 Å². The van der Waals surface area contributed by atoms with Crippen LogP contribution in [0.15, 0.2) is 12.1 Å². The molecule has 0 aliphatic heterocycles. The summed E-state index contributed by atoms with van der Waals surface area (Å²) in [7, 11) is 0. The lowest BCUT2D eigenvalue weighted by atomic mass is 9.75. The van der Waals surface area contributed by atoms with Crippen molar-refractivity contribution in [2.24, 2.45) is 11.3 Å². The Bertz CT molecular complexity index is 469. The van der Waals surface area contributed by atoms with Gasteiger partial charge in [-0.15, -0.1) is 0 Å². The van der Waals surface area contributed by atoms with Crippen LogP contribution >= 0.6 is 0 Å². The molecule has 0 radical (unpaired) electrons. The van der Waals surface area contributed by atoms with Crippen molar-refractivity contribution in [3.8, 4) is 0 Å². The minimum absolute atomic E-state index is 0.0568. The van der Waals surface area contributed by atoms with E-state index in [9.17, 15) is 4.39 Å². The maximum Gasteiger partial charge on any atom is 0.129 e. The summed E-state index contributed by atoms with van der Waals surface area (Å²) >= 11 is 0. The Morgan fingerprint density at radius 3 is 2.38 bits per heavy atom. The van der Waals surface area contributed by atoms with Crippen LogP contribution in [0.5, 0.6) is 0 Å². The van der Waals surface area contributed by atoms with Crippen LogP contribution in [0.3, 0.4) is 0 Å². The molecule has 1 fully saturated rings. The number of hydrogen-bond donors (Lipinski definition) is 1. The van der Waals surface area contributed by atoms with E-state index in [1.807, 2.05) is 26.0 Å². The Hall–Kier alpha value is -0.890. The van der Waals surface area contributed by atoms with E-state index in [1.165, 1.54) is 24.8 Å². The zero-order chi connectivity index (χ0) is 15.6. The van der Waals surface area contributed by atoms with E-state index in [4.69, 9.17) is 0 Å². The van der Waals surface area contributed by atoms with Gasteiger partial charge in [0.25, 0.3) is 0 Å². The third-order valence-electron chi connectivity index (χ3n) is 5.17. The molecule has 1 aliphatic rings. The largest absolute Gasteiger partial charge is 0.310 e. The van der Waals surface area contributed by atoms with Gasteiger partial charge in [0.2, 0.25) is 0 Å². The second-order valence-electron chi connectivity index (χ2n) is 7.39. The summed E-state index contributed by atoms with van der Waals surface area (Å²) in [5, 5.41) is 3.73. The Kier molecular flexibility index (Phi) is 5.08. The summed E-state index contributed by atoms with van der Waals surface area (Å²) in [6.45, 7) is 11.7. The van der Waals surface area contributed by atoms with Crippen molar-refractivity contribution in [2.75, 3.05) is 6.54 Å². The molecule has 2 unspecified atom stereocenters. The highest BCUT2D eigenvalue weighted by Crippen LogP contribution is 2.48. The van der Waals surface area contributed by atoms with Crippen LogP contribution in [0, 0.1) is 31.0 Å². The maximum absolute atomic E-state index is 13.9. The smallest absolute Gasteiger partial charge is 0.129 e. The average molecular weight is 291 g/mol. The second-order valence-corrected chi connectivity index (χ2v) is 7.39. The molecule has 0 heterocycles. The minimum atomic E-state index is -0.0568. The Labute approximate surface area is 129 Å². The first kappa shape index (κ1) is 16.5. The molecular formula is C19H30FN. The normalized spacial score (nSPS) is 22.5. The fraction of sp³-hybridized carbons (Fsp3) is 0.684. The van der Waals surface area contributed by atoms with Gasteiger partial charge in [0.05, 0.1) is 0 Å². The van der Waals surface area contributed by atoms with E-state index in [0.717, 1.165) is 24.1 Å². The Balaban J connectivity index is 2.36. The summed E-state index contributed by atoms with van der Waals surface area (Å²) in [4.78, 5) is 0. The van der Waals surface area contributed by atoms with Crippen molar-refractivity contribution in [1.29, 1.82) is 0 Å². The van der Waals surface area contributed by atoms with Crippen molar-refractivity contribution in [2.45, 2.75) is 66.3 Å². The third kappa shape index (κ3) is 3.48. The lowest BCUT2D eigenvalue weighted by molar-refractivity contribution is 0.197. The summed E-state index contributed by atoms with van der Waals surface area (Å²) < 4.78 is 13.9. The SMILES string of the molecule is CCCNC(c1cc(C)c(F)c(C)c1)C1CCCC1(C)C. The van der Waals surface area contributed by atoms with Crippen molar-refractivity contribution >= 4 is 0 Å². The molecule has 0 saturated heterocycles. The topological polar surface area (TPSA) is 12.0 Å². The van der Waals surface area contributed by atoms with Crippen LogP contribution in [0.1, 0.15) is 69.2 Å². The van der Waals surface area contributed by atoms with Gasteiger partial charge < -0.3 is 5.32 Å². The van der Waals surface area contributed by atoms with Gasteiger partial charge in [0, 0.05) is 6.04 Å². The third-order valence-corrected chi connectivity index (χ3v) is 5.17. The molecule has 118 valence electrons. The molecule has 1 aromatic carbocycles. The summed E-state index contributed by atoms with van der Waals surface area (Å²) in [6.07, 6.45) is 4.99. The molecule has 0 aromatic heterocycles. The van der Waals surface area contributed by atoms with Crippen LogP contribution in [0.2, 0.25) is 0 Å². The predicted octanol–water partition coefficient (Wildman–Crippen LogP) is 5.31. The molecule has 0 amide bonds. The van der Waals surface area contributed by atoms with E-state index in [-0.39, 0.29) is 5.82 Å². The highest BCUT2D eigenvalue weighted by Gasteiger charge is 2.40. The first-order valence-corrected chi connectivity index (χ1v) is 8.37. The molecule has 21 heavy (non-hydrogen) atoms. The number of aryl methyl sites for hydroxylation is 2. The summed E-state index contributed by atoms with van der Waals surface area (Å²) in [5.74, 6) is 0.576. The van der Waals surface area contributed by atoms with Gasteiger partial charge in [0.15, 0.2) is 0 Å². The van der Waals surface area contributed by atoms with Crippen LogP contribution in [0.4, 0.5) is 4.39 Å². The number of halogens is 1.